The van der Waals surface area contributed by atoms with Crippen molar-refractivity contribution in [3.63, 3.8) is 0 Å². The number of amides is 1. The number of H-pyrrole nitrogens is 2. The highest BCUT2D eigenvalue weighted by Crippen LogP contribution is 2.31. The maximum atomic E-state index is 12.1. The van der Waals surface area contributed by atoms with E-state index in [9.17, 15) is 4.79 Å². The van der Waals surface area contributed by atoms with E-state index in [0.717, 1.165) is 38.9 Å². The number of primary amides is 1. The highest BCUT2D eigenvalue weighted by atomic mass is 16.1. The Balaban J connectivity index is 1.51. The smallest absolute Gasteiger partial charge is 0.225 e. The quantitative estimate of drug-likeness (QED) is 0.396. The first kappa shape index (κ1) is 18.7. The Bertz CT molecular complexity index is 1340. The number of carbonyl (C=O) groups is 1. The van der Waals surface area contributed by atoms with Crippen LogP contribution in [0.5, 0.6) is 0 Å². The number of hydrogen-bond donors (Lipinski definition) is 3. The number of aromatic amines is 2. The lowest BCUT2D eigenvalue weighted by Crippen LogP contribution is -2.23. The van der Waals surface area contributed by atoms with Crippen LogP contribution in [0.1, 0.15) is 17.0 Å². The van der Waals surface area contributed by atoms with Crippen molar-refractivity contribution >= 4 is 16.8 Å². The lowest BCUT2D eigenvalue weighted by Gasteiger charge is -2.14. The van der Waals surface area contributed by atoms with Gasteiger partial charge in [-0.25, -0.2) is 4.98 Å². The molecule has 0 aliphatic rings. The highest BCUT2D eigenvalue weighted by Gasteiger charge is 2.19. The van der Waals surface area contributed by atoms with E-state index in [2.05, 4.69) is 31.4 Å². The predicted molar refractivity (Wildman–Crippen MR) is 119 cm³/mol. The molecule has 3 aromatic carbocycles. The molecule has 1 atom stereocenters. The summed E-state index contributed by atoms with van der Waals surface area (Å²) in [5.41, 5.74) is 11.3. The first-order valence-corrected chi connectivity index (χ1v) is 9.96. The lowest BCUT2D eigenvalue weighted by atomic mass is 9.90. The molecule has 0 bridgehead atoms. The van der Waals surface area contributed by atoms with Gasteiger partial charge in [-0.2, -0.15) is 10.2 Å². The van der Waals surface area contributed by atoms with Crippen LogP contribution in [0.15, 0.2) is 79.1 Å². The highest BCUT2D eigenvalue weighted by molar-refractivity contribution is 5.95. The van der Waals surface area contributed by atoms with Crippen LogP contribution < -0.4 is 5.73 Å². The third-order valence-corrected chi connectivity index (χ3v) is 5.44. The standard InChI is InChI=1S/C24H20N6O/c25-23(31)19(16-6-2-1-3-7-16)12-15-5-4-8-17(11-15)22-20-13-18(24-26-14-27-30-24)9-10-21(20)28-29-22/h1-11,13-14,19H,12H2,(H2,25,31)(H,28,29)(H,26,27,30)/t19-/m1/s1. The molecule has 0 aliphatic heterocycles. The number of nitrogens with two attached hydrogens (primary N) is 1. The van der Waals surface area contributed by atoms with Crippen molar-refractivity contribution in [2.45, 2.75) is 12.3 Å². The van der Waals surface area contributed by atoms with Crippen molar-refractivity contribution in [1.82, 2.24) is 25.4 Å². The first-order chi connectivity index (χ1) is 15.2. The van der Waals surface area contributed by atoms with E-state index in [1.165, 1.54) is 6.33 Å². The van der Waals surface area contributed by atoms with Gasteiger partial charge in [0.1, 0.15) is 6.33 Å². The number of fused-ring (bicyclic) bond motifs is 1. The predicted octanol–water partition coefficient (Wildman–Crippen LogP) is 3.83. The van der Waals surface area contributed by atoms with Crippen molar-refractivity contribution < 1.29 is 4.79 Å². The van der Waals surface area contributed by atoms with Gasteiger partial charge in [0.05, 0.1) is 17.1 Å². The summed E-state index contributed by atoms with van der Waals surface area (Å²) in [6.45, 7) is 0. The minimum atomic E-state index is -0.384. The topological polar surface area (TPSA) is 113 Å². The number of aromatic nitrogens is 5. The molecule has 2 heterocycles. The number of hydrogen-bond acceptors (Lipinski definition) is 4. The zero-order chi connectivity index (χ0) is 21.2. The summed E-state index contributed by atoms with van der Waals surface area (Å²) in [5, 5.41) is 15.4. The molecule has 0 unspecified atom stereocenters. The number of rotatable bonds is 6. The van der Waals surface area contributed by atoms with Crippen molar-refractivity contribution in [2.24, 2.45) is 5.73 Å². The second-order valence-electron chi connectivity index (χ2n) is 7.44. The van der Waals surface area contributed by atoms with Crippen LogP contribution in [-0.4, -0.2) is 31.3 Å². The summed E-state index contributed by atoms with van der Waals surface area (Å²) in [4.78, 5) is 16.4. The van der Waals surface area contributed by atoms with Crippen molar-refractivity contribution in [1.29, 1.82) is 0 Å². The molecule has 5 aromatic rings. The molecule has 0 saturated heterocycles. The van der Waals surface area contributed by atoms with Crippen molar-refractivity contribution in [2.75, 3.05) is 0 Å². The molecule has 31 heavy (non-hydrogen) atoms. The first-order valence-electron chi connectivity index (χ1n) is 9.96. The molecule has 0 saturated carbocycles. The van der Waals surface area contributed by atoms with Gasteiger partial charge in [0, 0.05) is 16.5 Å². The molecule has 0 spiro atoms. The Morgan fingerprint density at radius 1 is 0.935 bits per heavy atom. The van der Waals surface area contributed by atoms with Crippen LogP contribution in [0, 0.1) is 0 Å². The normalized spacial score (nSPS) is 12.1. The molecule has 5 rings (SSSR count). The lowest BCUT2D eigenvalue weighted by molar-refractivity contribution is -0.119. The van der Waals surface area contributed by atoms with Crippen molar-refractivity contribution in [3.8, 4) is 22.6 Å². The van der Waals surface area contributed by atoms with E-state index in [0.29, 0.717) is 12.2 Å². The zero-order valence-corrected chi connectivity index (χ0v) is 16.6. The van der Waals surface area contributed by atoms with E-state index in [1.807, 2.05) is 66.7 Å². The molecule has 4 N–H and O–H groups in total. The molecule has 0 aliphatic carbocycles. The third kappa shape index (κ3) is 3.69. The fourth-order valence-corrected chi connectivity index (χ4v) is 3.88. The maximum Gasteiger partial charge on any atom is 0.225 e. The number of nitrogens with zero attached hydrogens (tertiary/aromatic N) is 3. The molecular weight excluding hydrogens is 388 g/mol. The molecule has 0 radical (unpaired) electrons. The summed E-state index contributed by atoms with van der Waals surface area (Å²) >= 11 is 0. The molecule has 152 valence electrons. The molecule has 1 amide bonds. The molecule has 7 heteroatoms. The van der Waals surface area contributed by atoms with E-state index in [1.54, 1.807) is 0 Å². The Kier molecular flexibility index (Phi) is 4.76. The summed E-state index contributed by atoms with van der Waals surface area (Å²) < 4.78 is 0. The number of carbonyl (C=O) groups excluding carboxylic acids is 1. The fraction of sp³-hybridized carbons (Fsp3) is 0.0833. The van der Waals surface area contributed by atoms with Gasteiger partial charge in [0.2, 0.25) is 5.91 Å². The molecular formula is C24H20N6O. The van der Waals surface area contributed by atoms with Gasteiger partial charge >= 0.3 is 0 Å². The van der Waals surface area contributed by atoms with E-state index in [-0.39, 0.29) is 11.8 Å². The van der Waals surface area contributed by atoms with Crippen LogP contribution in [0.2, 0.25) is 0 Å². The van der Waals surface area contributed by atoms with E-state index in [4.69, 9.17) is 5.73 Å². The van der Waals surface area contributed by atoms with Gasteiger partial charge in [-0.05, 0) is 41.8 Å². The zero-order valence-electron chi connectivity index (χ0n) is 16.6. The van der Waals surface area contributed by atoms with Gasteiger partial charge in [0.15, 0.2) is 5.82 Å². The average molecular weight is 408 g/mol. The summed E-state index contributed by atoms with van der Waals surface area (Å²) in [6.07, 6.45) is 2.01. The van der Waals surface area contributed by atoms with Gasteiger partial charge < -0.3 is 5.73 Å². The Morgan fingerprint density at radius 2 is 1.81 bits per heavy atom. The van der Waals surface area contributed by atoms with Crippen LogP contribution in [0.25, 0.3) is 33.5 Å². The number of benzene rings is 3. The molecule has 7 nitrogen and oxygen atoms in total. The monoisotopic (exact) mass is 408 g/mol. The Labute approximate surface area is 178 Å². The van der Waals surface area contributed by atoms with E-state index < -0.39 is 0 Å². The Morgan fingerprint density at radius 3 is 2.58 bits per heavy atom. The third-order valence-electron chi connectivity index (χ3n) is 5.44. The summed E-state index contributed by atoms with van der Waals surface area (Å²) in [5.74, 6) is -0.0149. The minimum Gasteiger partial charge on any atom is -0.369 e. The fourth-order valence-electron chi connectivity index (χ4n) is 3.88. The van der Waals surface area contributed by atoms with Crippen LogP contribution in [0.3, 0.4) is 0 Å². The summed E-state index contributed by atoms with van der Waals surface area (Å²) in [6, 6.07) is 23.7. The van der Waals surface area contributed by atoms with Crippen LogP contribution in [-0.2, 0) is 11.2 Å². The largest absolute Gasteiger partial charge is 0.369 e. The maximum absolute atomic E-state index is 12.1. The molecule has 2 aromatic heterocycles. The summed E-state index contributed by atoms with van der Waals surface area (Å²) in [7, 11) is 0. The molecule has 0 fully saturated rings. The number of nitrogens with one attached hydrogen (secondary N) is 2. The van der Waals surface area contributed by atoms with Crippen molar-refractivity contribution in [3.05, 3.63) is 90.3 Å². The van der Waals surface area contributed by atoms with Gasteiger partial charge in [-0.15, -0.1) is 0 Å². The minimum absolute atomic E-state index is 0.335. The second-order valence-corrected chi connectivity index (χ2v) is 7.44. The second kappa shape index (κ2) is 7.87. The SMILES string of the molecule is NC(=O)[C@H](Cc1cccc(-c2n[nH]c3ccc(-c4ncn[nH]4)cc23)c1)c1ccccc1. The van der Waals surface area contributed by atoms with Gasteiger partial charge in [0.25, 0.3) is 0 Å². The van der Waals surface area contributed by atoms with Crippen LogP contribution in [0.4, 0.5) is 0 Å². The average Bonchev–Trinajstić information content (AvgIpc) is 3.48. The van der Waals surface area contributed by atoms with Gasteiger partial charge in [-0.1, -0.05) is 48.5 Å². The van der Waals surface area contributed by atoms with Gasteiger partial charge in [-0.3, -0.25) is 15.0 Å². The van der Waals surface area contributed by atoms with E-state index >= 15 is 0 Å². The van der Waals surface area contributed by atoms with Crippen LogP contribution >= 0.6 is 0 Å². The Hall–Kier alpha value is -4.26.